The maximum atomic E-state index is 5.42. The van der Waals surface area contributed by atoms with Crippen LogP contribution < -0.4 is 5.40 Å². The lowest BCUT2D eigenvalue weighted by molar-refractivity contribution is 0.867. The van der Waals surface area contributed by atoms with Crippen LogP contribution in [0.5, 0.6) is 0 Å². The lowest BCUT2D eigenvalue weighted by Gasteiger charge is -1.97. The van der Waals surface area contributed by atoms with Crippen LogP contribution in [0.3, 0.4) is 0 Å². The molecule has 0 rings (SSSR count). The SMILES string of the molecule is CCC(C)[SiH2]N. The Balaban J connectivity index is 2.75. The molecule has 0 heterocycles. The zero-order chi connectivity index (χ0) is 4.99. The van der Waals surface area contributed by atoms with Gasteiger partial charge in [0, 0.05) is 0 Å². The lowest BCUT2D eigenvalue weighted by Crippen LogP contribution is -2.09. The van der Waals surface area contributed by atoms with Crippen molar-refractivity contribution in [2.45, 2.75) is 25.8 Å². The molecule has 0 aliphatic rings. The van der Waals surface area contributed by atoms with Crippen LogP contribution in [0.15, 0.2) is 0 Å². The van der Waals surface area contributed by atoms with E-state index in [0.29, 0.717) is 0 Å². The molecule has 0 aromatic carbocycles. The van der Waals surface area contributed by atoms with Crippen LogP contribution in [0.1, 0.15) is 20.3 Å². The molecule has 2 heteroatoms. The summed E-state index contributed by atoms with van der Waals surface area (Å²) in [6.07, 6.45) is 1.27. The molecule has 1 atom stereocenters. The van der Waals surface area contributed by atoms with E-state index in [1.165, 1.54) is 6.42 Å². The predicted molar refractivity (Wildman–Crippen MR) is 32.4 cm³/mol. The van der Waals surface area contributed by atoms with E-state index < -0.39 is 0 Å². The van der Waals surface area contributed by atoms with Crippen molar-refractivity contribution in [1.82, 2.24) is 0 Å². The van der Waals surface area contributed by atoms with Crippen molar-refractivity contribution in [2.75, 3.05) is 0 Å². The molecule has 0 amide bonds. The van der Waals surface area contributed by atoms with Gasteiger partial charge in [0.25, 0.3) is 0 Å². The minimum atomic E-state index is -0.162. The first-order valence-corrected chi connectivity index (χ1v) is 4.14. The summed E-state index contributed by atoms with van der Waals surface area (Å²) in [7, 11) is -0.162. The van der Waals surface area contributed by atoms with Crippen molar-refractivity contribution < 1.29 is 0 Å². The molecule has 1 nitrogen and oxygen atoms in total. The Morgan fingerprint density at radius 1 is 1.83 bits per heavy atom. The Morgan fingerprint density at radius 3 is 2.33 bits per heavy atom. The molecule has 0 spiro atoms. The second-order valence-corrected chi connectivity index (χ2v) is 3.61. The molecule has 0 saturated heterocycles. The highest BCUT2D eigenvalue weighted by Gasteiger charge is 1.90. The Kier molecular flexibility index (Phi) is 3.47. The van der Waals surface area contributed by atoms with Crippen LogP contribution in [0.25, 0.3) is 0 Å². The first kappa shape index (κ1) is 6.18. The van der Waals surface area contributed by atoms with E-state index in [1.54, 1.807) is 0 Å². The van der Waals surface area contributed by atoms with Gasteiger partial charge in [-0.3, -0.25) is 0 Å². The molecule has 0 bridgehead atoms. The maximum absolute atomic E-state index is 5.42. The summed E-state index contributed by atoms with van der Waals surface area (Å²) < 4.78 is 0. The van der Waals surface area contributed by atoms with Gasteiger partial charge in [0.1, 0.15) is 0 Å². The Labute approximate surface area is 41.8 Å². The van der Waals surface area contributed by atoms with Gasteiger partial charge in [-0.2, -0.15) is 0 Å². The molecule has 0 aliphatic carbocycles. The molecule has 0 radical (unpaired) electrons. The van der Waals surface area contributed by atoms with Gasteiger partial charge in [-0.25, -0.2) is 0 Å². The van der Waals surface area contributed by atoms with E-state index in [4.69, 9.17) is 5.40 Å². The average molecular weight is 103 g/mol. The molecule has 1 unspecified atom stereocenters. The quantitative estimate of drug-likeness (QED) is 0.498. The van der Waals surface area contributed by atoms with Crippen molar-refractivity contribution >= 4 is 9.68 Å². The molecule has 0 aliphatic heterocycles. The van der Waals surface area contributed by atoms with E-state index in [0.717, 1.165) is 5.54 Å². The van der Waals surface area contributed by atoms with Crippen LogP contribution in [0.2, 0.25) is 5.54 Å². The number of nitrogens with two attached hydrogens (primary N) is 1. The highest BCUT2D eigenvalue weighted by molar-refractivity contribution is 6.32. The van der Waals surface area contributed by atoms with Gasteiger partial charge in [-0.05, 0) is 5.54 Å². The Hall–Kier alpha value is 0.177. The first-order chi connectivity index (χ1) is 2.81. The minimum Gasteiger partial charge on any atom is -0.355 e. The first-order valence-electron chi connectivity index (χ1n) is 2.51. The highest BCUT2D eigenvalue weighted by atomic mass is 28.2. The largest absolute Gasteiger partial charge is 0.355 e. The third kappa shape index (κ3) is 2.42. The number of hydrogen-bond acceptors (Lipinski definition) is 1. The average Bonchev–Trinajstić information content (AvgIpc) is 1.65. The van der Waals surface area contributed by atoms with E-state index in [-0.39, 0.29) is 9.68 Å². The van der Waals surface area contributed by atoms with Crippen LogP contribution in [-0.2, 0) is 0 Å². The van der Waals surface area contributed by atoms with E-state index in [9.17, 15) is 0 Å². The van der Waals surface area contributed by atoms with Crippen LogP contribution in [0, 0.1) is 0 Å². The zero-order valence-electron chi connectivity index (χ0n) is 4.57. The fraction of sp³-hybridized carbons (Fsp3) is 1.00. The number of hydrogen-bond donors (Lipinski definition) is 1. The van der Waals surface area contributed by atoms with Crippen molar-refractivity contribution in [3.05, 3.63) is 0 Å². The topological polar surface area (TPSA) is 26.0 Å². The zero-order valence-corrected chi connectivity index (χ0v) is 5.98. The summed E-state index contributed by atoms with van der Waals surface area (Å²) in [5.41, 5.74) is 0.852. The second-order valence-electron chi connectivity index (χ2n) is 1.75. The highest BCUT2D eigenvalue weighted by Crippen LogP contribution is 2.00. The third-order valence-corrected chi connectivity index (χ3v) is 2.48. The van der Waals surface area contributed by atoms with Crippen LogP contribution >= 0.6 is 0 Å². The van der Waals surface area contributed by atoms with Crippen molar-refractivity contribution in [2.24, 2.45) is 5.40 Å². The van der Waals surface area contributed by atoms with E-state index in [2.05, 4.69) is 13.8 Å². The summed E-state index contributed by atoms with van der Waals surface area (Å²) in [6.45, 7) is 4.40. The monoisotopic (exact) mass is 103 g/mol. The Bertz CT molecular complexity index is 26.7. The predicted octanol–water partition coefficient (Wildman–Crippen LogP) is 0.247. The van der Waals surface area contributed by atoms with Crippen molar-refractivity contribution in [3.8, 4) is 0 Å². The van der Waals surface area contributed by atoms with Crippen LogP contribution in [0.4, 0.5) is 0 Å². The van der Waals surface area contributed by atoms with Gasteiger partial charge in [0.2, 0.25) is 0 Å². The molecule has 0 fully saturated rings. The smallest absolute Gasteiger partial charge is 0.0916 e. The van der Waals surface area contributed by atoms with E-state index >= 15 is 0 Å². The minimum absolute atomic E-state index is 0.162. The fourth-order valence-electron chi connectivity index (χ4n) is 0.167. The summed E-state index contributed by atoms with van der Waals surface area (Å²) in [6, 6.07) is 0. The van der Waals surface area contributed by atoms with E-state index in [1.807, 2.05) is 0 Å². The molecule has 2 N–H and O–H groups in total. The standard InChI is InChI=1S/C4H13NSi/c1-3-4(2)6-5/h4H,3,5-6H2,1-2H3. The fourth-order valence-corrected chi connectivity index (χ4v) is 0.500. The summed E-state index contributed by atoms with van der Waals surface area (Å²) in [5.74, 6) is 0. The normalized spacial score (nSPS) is 16.5. The summed E-state index contributed by atoms with van der Waals surface area (Å²) >= 11 is 0. The van der Waals surface area contributed by atoms with Gasteiger partial charge in [-0.1, -0.05) is 20.3 Å². The lowest BCUT2D eigenvalue weighted by atomic mass is 10.4. The Morgan fingerprint density at radius 2 is 2.33 bits per heavy atom. The molecule has 0 aromatic rings. The van der Waals surface area contributed by atoms with Crippen molar-refractivity contribution in [3.63, 3.8) is 0 Å². The van der Waals surface area contributed by atoms with Gasteiger partial charge >= 0.3 is 0 Å². The van der Waals surface area contributed by atoms with Gasteiger partial charge in [0.15, 0.2) is 0 Å². The summed E-state index contributed by atoms with van der Waals surface area (Å²) in [4.78, 5) is 0. The van der Waals surface area contributed by atoms with Crippen LogP contribution in [-0.4, -0.2) is 9.68 Å². The summed E-state index contributed by atoms with van der Waals surface area (Å²) in [5, 5.41) is 5.42. The molecular weight excluding hydrogens is 90.1 g/mol. The van der Waals surface area contributed by atoms with Gasteiger partial charge < -0.3 is 5.40 Å². The molecule has 6 heavy (non-hydrogen) atoms. The van der Waals surface area contributed by atoms with Gasteiger partial charge in [0.05, 0.1) is 9.68 Å². The third-order valence-electron chi connectivity index (χ3n) is 1.10. The second kappa shape index (κ2) is 3.37. The maximum Gasteiger partial charge on any atom is 0.0916 e. The number of rotatable bonds is 2. The molecule has 0 aromatic heterocycles. The molecule has 0 saturated carbocycles. The van der Waals surface area contributed by atoms with Crippen molar-refractivity contribution in [1.29, 1.82) is 0 Å². The van der Waals surface area contributed by atoms with Gasteiger partial charge in [-0.15, -0.1) is 0 Å². The molecular formula is C4H13NSi. The molecule has 38 valence electrons.